The molecule has 2 heterocycles. The summed E-state index contributed by atoms with van der Waals surface area (Å²) in [6.45, 7) is 0.0603. The summed E-state index contributed by atoms with van der Waals surface area (Å²) in [5.74, 6) is -2.19. The van der Waals surface area contributed by atoms with Gasteiger partial charge in [0.25, 0.3) is 11.8 Å². The van der Waals surface area contributed by atoms with Crippen LogP contribution in [-0.2, 0) is 37.3 Å². The first-order valence-electron chi connectivity index (χ1n) is 9.99. The second-order valence-electron chi connectivity index (χ2n) is 7.73. The van der Waals surface area contributed by atoms with Gasteiger partial charge in [-0.05, 0) is 30.7 Å². The van der Waals surface area contributed by atoms with Crippen molar-refractivity contribution in [3.63, 3.8) is 0 Å². The van der Waals surface area contributed by atoms with Crippen molar-refractivity contribution in [1.82, 2.24) is 4.90 Å². The van der Waals surface area contributed by atoms with E-state index in [0.717, 1.165) is 11.2 Å². The molecule has 0 bridgehead atoms. The predicted octanol–water partition coefficient (Wildman–Crippen LogP) is 2.35. The molecule has 2 aromatic carbocycles. The highest BCUT2D eigenvalue weighted by atomic mass is 35.5. The highest BCUT2D eigenvalue weighted by Gasteiger charge is 2.43. The lowest BCUT2D eigenvalue weighted by molar-refractivity contribution is -0.149. The molecule has 4 rings (SSSR count). The number of esters is 1. The van der Waals surface area contributed by atoms with E-state index < -0.39 is 39.4 Å². The van der Waals surface area contributed by atoms with Gasteiger partial charge >= 0.3 is 5.97 Å². The third-order valence-electron chi connectivity index (χ3n) is 5.29. The number of ether oxygens (including phenoxy) is 3. The Morgan fingerprint density at radius 1 is 1.18 bits per heavy atom. The number of imide groups is 1. The molecule has 0 aromatic heterocycles. The van der Waals surface area contributed by atoms with E-state index >= 15 is 0 Å². The maximum Gasteiger partial charge on any atom is 0.329 e. The molecule has 174 valence electrons. The lowest BCUT2D eigenvalue weighted by Gasteiger charge is -2.25. The van der Waals surface area contributed by atoms with Crippen LogP contribution in [0.5, 0.6) is 5.75 Å². The number of carbonyl (C=O) groups excluding carboxylic acids is 3. The number of hydrogen-bond donors (Lipinski definition) is 0. The third-order valence-corrected chi connectivity index (χ3v) is 6.49. The van der Waals surface area contributed by atoms with Crippen molar-refractivity contribution in [2.75, 3.05) is 18.8 Å². The number of amides is 2. The summed E-state index contributed by atoms with van der Waals surface area (Å²) in [6, 6.07) is 8.00. The first-order valence-corrected chi connectivity index (χ1v) is 12.4. The van der Waals surface area contributed by atoms with Crippen molar-refractivity contribution in [3.8, 4) is 5.75 Å². The molecular weight excluding hydrogens is 474 g/mol. The van der Waals surface area contributed by atoms with Crippen molar-refractivity contribution in [1.29, 1.82) is 0 Å². The van der Waals surface area contributed by atoms with Gasteiger partial charge in [-0.2, -0.15) is 0 Å². The van der Waals surface area contributed by atoms with Crippen LogP contribution >= 0.6 is 11.6 Å². The molecule has 1 unspecified atom stereocenters. The third kappa shape index (κ3) is 4.87. The lowest BCUT2D eigenvalue weighted by atomic mass is 10.1. The van der Waals surface area contributed by atoms with Crippen LogP contribution < -0.4 is 4.74 Å². The van der Waals surface area contributed by atoms with Crippen LogP contribution in [0.15, 0.2) is 36.4 Å². The van der Waals surface area contributed by atoms with Crippen molar-refractivity contribution in [2.45, 2.75) is 25.7 Å². The predicted molar refractivity (Wildman–Crippen MR) is 117 cm³/mol. The zero-order chi connectivity index (χ0) is 23.8. The minimum atomic E-state index is -3.48. The topological polar surface area (TPSA) is 116 Å². The summed E-state index contributed by atoms with van der Waals surface area (Å²) in [7, 11) is -3.48. The molecule has 0 saturated carbocycles. The van der Waals surface area contributed by atoms with Gasteiger partial charge in [0.05, 0.1) is 23.5 Å². The first kappa shape index (κ1) is 23.2. The molecular formula is C22H20ClNO8S. The molecule has 9 nitrogen and oxygen atoms in total. The molecule has 33 heavy (non-hydrogen) atoms. The van der Waals surface area contributed by atoms with E-state index in [2.05, 4.69) is 0 Å². The van der Waals surface area contributed by atoms with Crippen molar-refractivity contribution < 1.29 is 37.0 Å². The zero-order valence-electron chi connectivity index (χ0n) is 17.6. The SMILES string of the molecule is CS(=O)(=O)CCC(C(=O)OCc1cc(Cl)cc2c1OCOC2)N1C(=O)c2ccccc2C1=O. The standard InChI is InChI=1S/C22H20ClNO8S/c1-33(28,29)7-6-18(24-20(25)16-4-2-3-5-17(16)21(24)26)22(27)31-11-14-9-15(23)8-13-10-30-12-32-19(13)14/h2-5,8-9,18H,6-7,10-12H2,1H3. The number of benzene rings is 2. The molecule has 1 atom stereocenters. The van der Waals surface area contributed by atoms with E-state index in [9.17, 15) is 22.8 Å². The number of hydrogen-bond acceptors (Lipinski definition) is 8. The zero-order valence-corrected chi connectivity index (χ0v) is 19.1. The summed E-state index contributed by atoms with van der Waals surface area (Å²) < 4.78 is 39.7. The van der Waals surface area contributed by atoms with Gasteiger partial charge < -0.3 is 14.2 Å². The summed E-state index contributed by atoms with van der Waals surface area (Å²) in [4.78, 5) is 39.6. The Morgan fingerprint density at radius 3 is 2.48 bits per heavy atom. The molecule has 0 N–H and O–H groups in total. The molecule has 11 heteroatoms. The molecule has 0 radical (unpaired) electrons. The second kappa shape index (κ2) is 9.12. The minimum Gasteiger partial charge on any atom is -0.467 e. The molecule has 0 saturated heterocycles. The van der Waals surface area contributed by atoms with Crippen LogP contribution in [-0.4, -0.2) is 55.9 Å². The van der Waals surface area contributed by atoms with E-state index in [4.69, 9.17) is 25.8 Å². The van der Waals surface area contributed by atoms with Crippen LogP contribution in [0.3, 0.4) is 0 Å². The normalized spacial score (nSPS) is 16.1. The fourth-order valence-electron chi connectivity index (χ4n) is 3.78. The van der Waals surface area contributed by atoms with E-state index in [-0.39, 0.29) is 37.6 Å². The molecule has 2 amide bonds. The van der Waals surface area contributed by atoms with Crippen LogP contribution in [0.1, 0.15) is 38.3 Å². The fraction of sp³-hybridized carbons (Fsp3) is 0.318. The van der Waals surface area contributed by atoms with Gasteiger partial charge in [-0.1, -0.05) is 23.7 Å². The van der Waals surface area contributed by atoms with Crippen molar-refractivity contribution in [2.24, 2.45) is 0 Å². The Bertz CT molecular complexity index is 1210. The molecule has 0 spiro atoms. The lowest BCUT2D eigenvalue weighted by Crippen LogP contribution is -2.46. The van der Waals surface area contributed by atoms with Crippen LogP contribution in [0.2, 0.25) is 5.02 Å². The second-order valence-corrected chi connectivity index (χ2v) is 10.4. The Hall–Kier alpha value is -2.95. The van der Waals surface area contributed by atoms with E-state index in [1.165, 1.54) is 12.1 Å². The van der Waals surface area contributed by atoms with Crippen LogP contribution in [0.25, 0.3) is 0 Å². The molecule has 0 fully saturated rings. The number of halogens is 1. The summed E-state index contributed by atoms with van der Waals surface area (Å²) in [6.07, 6.45) is 0.719. The van der Waals surface area contributed by atoms with Crippen molar-refractivity contribution >= 4 is 39.2 Å². The first-order chi connectivity index (χ1) is 15.7. The number of carbonyl (C=O) groups is 3. The summed E-state index contributed by atoms with van der Waals surface area (Å²) in [5, 5.41) is 0.392. The summed E-state index contributed by atoms with van der Waals surface area (Å²) >= 11 is 6.14. The van der Waals surface area contributed by atoms with Gasteiger partial charge in [0.1, 0.15) is 28.2 Å². The maximum atomic E-state index is 13.1. The Labute approximate surface area is 195 Å². The smallest absolute Gasteiger partial charge is 0.329 e. The summed E-state index contributed by atoms with van der Waals surface area (Å²) in [5.41, 5.74) is 1.47. The van der Waals surface area contributed by atoms with Gasteiger partial charge in [-0.25, -0.2) is 13.2 Å². The average Bonchev–Trinajstić information content (AvgIpc) is 3.02. The van der Waals surface area contributed by atoms with Gasteiger partial charge in [-0.15, -0.1) is 0 Å². The van der Waals surface area contributed by atoms with Gasteiger partial charge in [-0.3, -0.25) is 14.5 Å². The molecule has 2 aliphatic rings. The van der Waals surface area contributed by atoms with Gasteiger partial charge in [0, 0.05) is 22.4 Å². The largest absolute Gasteiger partial charge is 0.467 e. The van der Waals surface area contributed by atoms with E-state index in [0.29, 0.717) is 21.9 Å². The maximum absolute atomic E-state index is 13.1. The number of fused-ring (bicyclic) bond motifs is 2. The number of rotatable bonds is 7. The van der Waals surface area contributed by atoms with Crippen LogP contribution in [0.4, 0.5) is 0 Å². The highest BCUT2D eigenvalue weighted by molar-refractivity contribution is 7.90. The molecule has 0 aliphatic carbocycles. The van der Waals surface area contributed by atoms with Gasteiger partial charge in [0.15, 0.2) is 6.79 Å². The van der Waals surface area contributed by atoms with Crippen molar-refractivity contribution in [3.05, 3.63) is 63.7 Å². The Kier molecular flexibility index (Phi) is 6.42. The highest BCUT2D eigenvalue weighted by Crippen LogP contribution is 2.32. The van der Waals surface area contributed by atoms with Gasteiger partial charge in [0.2, 0.25) is 0 Å². The number of sulfone groups is 1. The van der Waals surface area contributed by atoms with Crippen LogP contribution in [0, 0.1) is 0 Å². The monoisotopic (exact) mass is 493 g/mol. The average molecular weight is 494 g/mol. The molecule has 2 aliphatic heterocycles. The Balaban J connectivity index is 1.58. The molecule has 2 aromatic rings. The van der Waals surface area contributed by atoms with E-state index in [1.54, 1.807) is 24.3 Å². The van der Waals surface area contributed by atoms with E-state index in [1.807, 2.05) is 0 Å². The Morgan fingerprint density at radius 2 is 1.85 bits per heavy atom. The number of nitrogens with zero attached hydrogens (tertiary/aromatic N) is 1. The minimum absolute atomic E-state index is 0.0294. The quantitative estimate of drug-likeness (QED) is 0.426. The fourth-order valence-corrected chi connectivity index (χ4v) is 4.69.